The van der Waals surface area contributed by atoms with Gasteiger partial charge in [-0.2, -0.15) is 0 Å². The van der Waals surface area contributed by atoms with Crippen molar-refractivity contribution in [3.05, 3.63) is 21.7 Å². The molecule has 5 heteroatoms. The molecule has 2 aromatic rings. The zero-order valence-electron chi connectivity index (χ0n) is 13.4. The van der Waals surface area contributed by atoms with E-state index in [4.69, 9.17) is 15.5 Å². The van der Waals surface area contributed by atoms with E-state index in [0.717, 1.165) is 35.2 Å². The molecule has 2 aromatic heterocycles. The van der Waals surface area contributed by atoms with Gasteiger partial charge in [0.2, 0.25) is 0 Å². The number of hydrogen-bond donors (Lipinski definition) is 1. The first-order valence-electron chi connectivity index (χ1n) is 7.96. The van der Waals surface area contributed by atoms with Crippen LogP contribution in [0.5, 0.6) is 0 Å². The fourth-order valence-corrected chi connectivity index (χ4v) is 4.23. The van der Waals surface area contributed by atoms with Crippen molar-refractivity contribution in [3.63, 3.8) is 0 Å². The van der Waals surface area contributed by atoms with Gasteiger partial charge < -0.3 is 10.5 Å². The lowest BCUT2D eigenvalue weighted by Gasteiger charge is -2.19. The molecule has 0 saturated heterocycles. The average Bonchev–Trinajstić information content (AvgIpc) is 2.83. The molecular weight excluding hydrogens is 296 g/mol. The quantitative estimate of drug-likeness (QED) is 0.872. The Hall–Kier alpha value is -1.62. The van der Waals surface area contributed by atoms with Crippen LogP contribution in [0.1, 0.15) is 60.1 Å². The van der Waals surface area contributed by atoms with Crippen molar-refractivity contribution in [3.8, 4) is 0 Å². The Labute approximate surface area is 134 Å². The van der Waals surface area contributed by atoms with E-state index in [1.165, 1.54) is 35.3 Å². The van der Waals surface area contributed by atoms with Crippen LogP contribution in [0.4, 0.5) is 5.69 Å². The number of nitrogens with zero attached hydrogens (tertiary/aromatic N) is 1. The molecule has 0 bridgehead atoms. The summed E-state index contributed by atoms with van der Waals surface area (Å²) in [5.41, 5.74) is 10.7. The molecule has 2 N–H and O–H groups in total. The third kappa shape index (κ3) is 2.47. The van der Waals surface area contributed by atoms with Crippen LogP contribution in [0.15, 0.2) is 0 Å². The van der Waals surface area contributed by atoms with Crippen LogP contribution in [0.25, 0.3) is 10.2 Å². The van der Waals surface area contributed by atoms with Crippen molar-refractivity contribution in [2.75, 3.05) is 5.73 Å². The predicted molar refractivity (Wildman–Crippen MR) is 90.6 cm³/mol. The molecular formula is C17H22N2O2S. The number of ether oxygens (including phenoxy) is 1. The smallest absolute Gasteiger partial charge is 0.350 e. The van der Waals surface area contributed by atoms with Crippen molar-refractivity contribution < 1.29 is 9.53 Å². The van der Waals surface area contributed by atoms with Crippen molar-refractivity contribution in [2.45, 2.75) is 59.0 Å². The minimum atomic E-state index is -0.335. The van der Waals surface area contributed by atoms with Crippen LogP contribution in [0.2, 0.25) is 0 Å². The lowest BCUT2D eigenvalue weighted by Crippen LogP contribution is -2.12. The predicted octanol–water partition coefficient (Wildman–Crippen LogP) is 3.88. The number of esters is 1. The van der Waals surface area contributed by atoms with Crippen molar-refractivity contribution in [1.29, 1.82) is 0 Å². The van der Waals surface area contributed by atoms with E-state index < -0.39 is 0 Å². The lowest BCUT2D eigenvalue weighted by molar-refractivity contribution is 0.0385. The minimum Gasteiger partial charge on any atom is -0.459 e. The number of carbonyl (C=O) groups excluding carboxylic acids is 1. The van der Waals surface area contributed by atoms with Gasteiger partial charge in [-0.25, -0.2) is 9.78 Å². The molecule has 2 heterocycles. The maximum absolute atomic E-state index is 12.2. The summed E-state index contributed by atoms with van der Waals surface area (Å²) >= 11 is 1.37. The number of nitrogen functional groups attached to an aromatic ring is 1. The van der Waals surface area contributed by atoms with Gasteiger partial charge >= 0.3 is 5.97 Å². The van der Waals surface area contributed by atoms with Crippen LogP contribution in [-0.4, -0.2) is 17.1 Å². The monoisotopic (exact) mass is 318 g/mol. The van der Waals surface area contributed by atoms with E-state index >= 15 is 0 Å². The molecule has 0 atom stereocenters. The zero-order chi connectivity index (χ0) is 15.9. The molecule has 0 aromatic carbocycles. The van der Waals surface area contributed by atoms with Crippen molar-refractivity contribution in [1.82, 2.24) is 4.98 Å². The fraction of sp³-hybridized carbons (Fsp3) is 0.529. The van der Waals surface area contributed by atoms with Gasteiger partial charge in [0.25, 0.3) is 0 Å². The normalized spacial score (nSPS) is 14.4. The average molecular weight is 318 g/mol. The van der Waals surface area contributed by atoms with Gasteiger partial charge in [0.05, 0.1) is 11.8 Å². The SMILES string of the molecule is CCc1nc2sc(C(=O)OC(C)C)c(N)c2c2c1CCCC2. The number of rotatable bonds is 3. The Morgan fingerprint density at radius 1 is 1.32 bits per heavy atom. The standard InChI is InChI=1S/C17H22N2O2S/c1-4-12-10-7-5-6-8-11(10)13-14(18)15(22-16(13)19-12)17(20)21-9(2)3/h9H,4-8,18H2,1-3H3. The third-order valence-corrected chi connectivity index (χ3v) is 5.22. The maximum Gasteiger partial charge on any atom is 0.350 e. The number of thiophene rings is 1. The molecule has 0 saturated carbocycles. The third-order valence-electron chi connectivity index (χ3n) is 4.14. The van der Waals surface area contributed by atoms with Crippen LogP contribution in [-0.2, 0) is 24.0 Å². The van der Waals surface area contributed by atoms with Crippen molar-refractivity contribution in [2.24, 2.45) is 0 Å². The molecule has 0 spiro atoms. The summed E-state index contributed by atoms with van der Waals surface area (Å²) in [6.07, 6.45) is 5.26. The Morgan fingerprint density at radius 3 is 2.64 bits per heavy atom. The summed E-state index contributed by atoms with van der Waals surface area (Å²) < 4.78 is 5.31. The number of anilines is 1. The first-order valence-corrected chi connectivity index (χ1v) is 8.78. The second-order valence-corrected chi connectivity index (χ2v) is 7.05. The summed E-state index contributed by atoms with van der Waals surface area (Å²) in [5, 5.41) is 0.993. The largest absolute Gasteiger partial charge is 0.459 e. The highest BCUT2D eigenvalue weighted by Gasteiger charge is 2.25. The lowest BCUT2D eigenvalue weighted by atomic mass is 9.88. The highest BCUT2D eigenvalue weighted by Crippen LogP contribution is 2.40. The van der Waals surface area contributed by atoms with Gasteiger partial charge in [0.15, 0.2) is 0 Å². The Balaban J connectivity index is 2.19. The van der Waals surface area contributed by atoms with Gasteiger partial charge in [-0.05, 0) is 57.1 Å². The number of fused-ring (bicyclic) bond motifs is 3. The summed E-state index contributed by atoms with van der Waals surface area (Å²) in [6, 6.07) is 0. The van der Waals surface area contributed by atoms with E-state index in [2.05, 4.69) is 6.92 Å². The molecule has 1 aliphatic carbocycles. The molecule has 0 fully saturated rings. The van der Waals surface area contributed by atoms with E-state index in [1.54, 1.807) is 0 Å². The highest BCUT2D eigenvalue weighted by molar-refractivity contribution is 7.21. The van der Waals surface area contributed by atoms with E-state index in [1.807, 2.05) is 13.8 Å². The first kappa shape index (κ1) is 15.3. The molecule has 1 aliphatic rings. The molecule has 0 unspecified atom stereocenters. The summed E-state index contributed by atoms with van der Waals surface area (Å²) in [7, 11) is 0. The number of pyridine rings is 1. The van der Waals surface area contributed by atoms with E-state index in [-0.39, 0.29) is 12.1 Å². The van der Waals surface area contributed by atoms with Gasteiger partial charge in [0.1, 0.15) is 9.71 Å². The van der Waals surface area contributed by atoms with Crippen molar-refractivity contribution >= 4 is 33.2 Å². The molecule has 22 heavy (non-hydrogen) atoms. The second kappa shape index (κ2) is 5.88. The zero-order valence-corrected chi connectivity index (χ0v) is 14.2. The van der Waals surface area contributed by atoms with Gasteiger partial charge in [-0.15, -0.1) is 11.3 Å². The number of hydrogen-bond acceptors (Lipinski definition) is 5. The summed E-state index contributed by atoms with van der Waals surface area (Å²) in [5.74, 6) is -0.335. The topological polar surface area (TPSA) is 65.2 Å². The number of aromatic nitrogens is 1. The fourth-order valence-electron chi connectivity index (χ4n) is 3.20. The maximum atomic E-state index is 12.2. The molecule has 0 radical (unpaired) electrons. The summed E-state index contributed by atoms with van der Waals surface area (Å²) in [4.78, 5) is 18.4. The molecule has 0 amide bonds. The van der Waals surface area contributed by atoms with Gasteiger partial charge in [0, 0.05) is 11.1 Å². The van der Waals surface area contributed by atoms with Crippen LogP contribution in [0, 0.1) is 0 Å². The summed E-state index contributed by atoms with van der Waals surface area (Å²) in [6.45, 7) is 5.82. The minimum absolute atomic E-state index is 0.148. The van der Waals surface area contributed by atoms with Gasteiger partial charge in [-0.3, -0.25) is 0 Å². The molecule has 118 valence electrons. The first-order chi connectivity index (χ1) is 10.5. The molecule has 3 rings (SSSR count). The van der Waals surface area contributed by atoms with E-state index in [9.17, 15) is 4.79 Å². The van der Waals surface area contributed by atoms with E-state index in [0.29, 0.717) is 10.6 Å². The highest BCUT2D eigenvalue weighted by atomic mass is 32.1. The number of aryl methyl sites for hydroxylation is 2. The molecule has 0 aliphatic heterocycles. The van der Waals surface area contributed by atoms with Crippen LogP contribution in [0.3, 0.4) is 0 Å². The van der Waals surface area contributed by atoms with Crippen LogP contribution >= 0.6 is 11.3 Å². The Bertz CT molecular complexity index is 734. The number of carbonyl (C=O) groups is 1. The van der Waals surface area contributed by atoms with Gasteiger partial charge in [-0.1, -0.05) is 6.92 Å². The second-order valence-electron chi connectivity index (χ2n) is 6.06. The van der Waals surface area contributed by atoms with Crippen LogP contribution < -0.4 is 5.73 Å². The number of nitrogens with two attached hydrogens (primary N) is 1. The Kier molecular flexibility index (Phi) is 4.08. The Morgan fingerprint density at radius 2 is 2.00 bits per heavy atom. The molecule has 4 nitrogen and oxygen atoms in total.